The van der Waals surface area contributed by atoms with E-state index in [2.05, 4.69) is 10.6 Å². The Labute approximate surface area is 161 Å². The predicted molar refractivity (Wildman–Crippen MR) is 99.6 cm³/mol. The number of fused-ring (bicyclic) bond motifs is 1. The molecule has 1 heterocycles. The van der Waals surface area contributed by atoms with E-state index in [1.165, 1.54) is 0 Å². The summed E-state index contributed by atoms with van der Waals surface area (Å²) in [5.74, 6) is 2.03. The Morgan fingerprint density at radius 3 is 2.69 bits per heavy atom. The van der Waals surface area contributed by atoms with E-state index in [0.717, 1.165) is 5.56 Å². The van der Waals surface area contributed by atoms with Crippen LogP contribution in [0.15, 0.2) is 36.4 Å². The van der Waals surface area contributed by atoms with Gasteiger partial charge >= 0.3 is 6.03 Å². The van der Waals surface area contributed by atoms with Crippen molar-refractivity contribution in [1.29, 1.82) is 0 Å². The fraction of sp³-hybridized carbons (Fsp3) is 0.278. The van der Waals surface area contributed by atoms with Crippen LogP contribution in [0.1, 0.15) is 5.56 Å². The van der Waals surface area contributed by atoms with Crippen LogP contribution in [-0.2, 0) is 6.42 Å². The summed E-state index contributed by atoms with van der Waals surface area (Å²) in [4.78, 5) is 11.8. The van der Waals surface area contributed by atoms with E-state index in [1.54, 1.807) is 30.3 Å². The maximum Gasteiger partial charge on any atom is 0.314 e. The van der Waals surface area contributed by atoms with E-state index in [0.29, 0.717) is 53.4 Å². The van der Waals surface area contributed by atoms with Crippen molar-refractivity contribution in [2.24, 2.45) is 0 Å². The van der Waals surface area contributed by atoms with Gasteiger partial charge in [0.05, 0.1) is 6.54 Å². The van der Waals surface area contributed by atoms with Crippen molar-refractivity contribution in [3.63, 3.8) is 0 Å². The zero-order valence-electron chi connectivity index (χ0n) is 13.9. The molecule has 8 heteroatoms. The van der Waals surface area contributed by atoms with Gasteiger partial charge in [0.15, 0.2) is 11.5 Å². The fourth-order valence-corrected chi connectivity index (χ4v) is 2.90. The molecular weight excluding hydrogens is 379 g/mol. The molecule has 0 saturated carbocycles. The van der Waals surface area contributed by atoms with E-state index in [9.17, 15) is 4.79 Å². The lowest BCUT2D eigenvalue weighted by molar-refractivity contribution is 0.173. The van der Waals surface area contributed by atoms with E-state index >= 15 is 0 Å². The van der Waals surface area contributed by atoms with E-state index in [4.69, 9.17) is 37.4 Å². The molecule has 1 aliphatic heterocycles. The zero-order chi connectivity index (χ0) is 18.4. The van der Waals surface area contributed by atoms with Gasteiger partial charge in [0.1, 0.15) is 12.4 Å². The Morgan fingerprint density at radius 2 is 1.85 bits per heavy atom. The standard InChI is InChI=1S/C18H18Cl2N2O4/c19-13-2-1-12(15(20)9-13)5-6-21-18(23)22-7-8-24-14-3-4-16-17(10-14)26-11-25-16/h1-4,9-10H,5-8,11H2,(H2,21,22,23). The number of urea groups is 1. The SMILES string of the molecule is O=C(NCCOc1ccc2c(c1)OCO2)NCCc1ccc(Cl)cc1Cl. The molecule has 2 amide bonds. The first-order valence-electron chi connectivity index (χ1n) is 8.10. The molecule has 2 aromatic carbocycles. The molecule has 3 rings (SSSR count). The van der Waals surface area contributed by atoms with Gasteiger partial charge in [-0.3, -0.25) is 0 Å². The molecule has 2 N–H and O–H groups in total. The van der Waals surface area contributed by atoms with Crippen LogP contribution in [0.5, 0.6) is 17.2 Å². The fourth-order valence-electron chi connectivity index (χ4n) is 2.40. The van der Waals surface area contributed by atoms with Crippen LogP contribution in [0.2, 0.25) is 10.0 Å². The molecule has 0 aliphatic carbocycles. The van der Waals surface area contributed by atoms with Crippen molar-refractivity contribution in [2.75, 3.05) is 26.5 Å². The lowest BCUT2D eigenvalue weighted by Gasteiger charge is -2.10. The van der Waals surface area contributed by atoms with Crippen LogP contribution in [0.4, 0.5) is 4.79 Å². The van der Waals surface area contributed by atoms with Gasteiger partial charge in [0, 0.05) is 22.7 Å². The molecule has 0 radical (unpaired) electrons. The largest absolute Gasteiger partial charge is 0.492 e. The third-order valence-corrected chi connectivity index (χ3v) is 4.28. The maximum absolute atomic E-state index is 11.8. The third kappa shape index (κ3) is 5.09. The first-order valence-corrected chi connectivity index (χ1v) is 8.85. The molecule has 2 aromatic rings. The molecular formula is C18H18Cl2N2O4. The van der Waals surface area contributed by atoms with E-state index in [1.807, 2.05) is 6.07 Å². The average molecular weight is 397 g/mol. The highest BCUT2D eigenvalue weighted by Crippen LogP contribution is 2.34. The Hall–Kier alpha value is -2.31. The Bertz CT molecular complexity index is 786. The lowest BCUT2D eigenvalue weighted by Crippen LogP contribution is -2.38. The van der Waals surface area contributed by atoms with Gasteiger partial charge in [-0.2, -0.15) is 0 Å². The molecule has 1 aliphatic rings. The number of ether oxygens (including phenoxy) is 3. The molecule has 0 spiro atoms. The van der Waals surface area contributed by atoms with Gasteiger partial charge in [-0.15, -0.1) is 0 Å². The molecule has 0 unspecified atom stereocenters. The second kappa shape index (κ2) is 8.87. The summed E-state index contributed by atoms with van der Waals surface area (Å²) >= 11 is 11.9. The number of carbonyl (C=O) groups is 1. The van der Waals surface area contributed by atoms with Crippen molar-refractivity contribution >= 4 is 29.2 Å². The van der Waals surface area contributed by atoms with Crippen molar-refractivity contribution in [3.05, 3.63) is 52.0 Å². The molecule has 6 nitrogen and oxygen atoms in total. The molecule has 0 fully saturated rings. The first-order chi connectivity index (χ1) is 12.6. The van der Waals surface area contributed by atoms with Crippen molar-refractivity contribution < 1.29 is 19.0 Å². The van der Waals surface area contributed by atoms with Gasteiger partial charge in [-0.25, -0.2) is 4.79 Å². The third-order valence-electron chi connectivity index (χ3n) is 3.70. The smallest absolute Gasteiger partial charge is 0.314 e. The van der Waals surface area contributed by atoms with Crippen LogP contribution >= 0.6 is 23.2 Å². The number of amides is 2. The van der Waals surface area contributed by atoms with Crippen LogP contribution in [0.3, 0.4) is 0 Å². The number of nitrogens with one attached hydrogen (secondary N) is 2. The molecule has 0 aromatic heterocycles. The molecule has 0 bridgehead atoms. The van der Waals surface area contributed by atoms with Gasteiger partial charge in [-0.05, 0) is 36.2 Å². The van der Waals surface area contributed by atoms with Crippen LogP contribution in [0, 0.1) is 0 Å². The number of hydrogen-bond donors (Lipinski definition) is 2. The number of rotatable bonds is 7. The highest BCUT2D eigenvalue weighted by molar-refractivity contribution is 6.35. The second-order valence-electron chi connectivity index (χ2n) is 5.53. The monoisotopic (exact) mass is 396 g/mol. The summed E-state index contributed by atoms with van der Waals surface area (Å²) in [7, 11) is 0. The lowest BCUT2D eigenvalue weighted by atomic mass is 10.1. The topological polar surface area (TPSA) is 68.8 Å². The summed E-state index contributed by atoms with van der Waals surface area (Å²) in [6.07, 6.45) is 0.622. The number of benzene rings is 2. The molecule has 26 heavy (non-hydrogen) atoms. The predicted octanol–water partition coefficient (Wildman–Crippen LogP) is 3.64. The quantitative estimate of drug-likeness (QED) is 0.700. The maximum atomic E-state index is 11.8. The highest BCUT2D eigenvalue weighted by atomic mass is 35.5. The Morgan fingerprint density at radius 1 is 1.04 bits per heavy atom. The summed E-state index contributed by atoms with van der Waals surface area (Å²) in [5.41, 5.74) is 0.933. The zero-order valence-corrected chi connectivity index (χ0v) is 15.4. The summed E-state index contributed by atoms with van der Waals surface area (Å²) < 4.78 is 16.1. The van der Waals surface area contributed by atoms with Gasteiger partial charge in [0.25, 0.3) is 0 Å². The summed E-state index contributed by atoms with van der Waals surface area (Å²) in [6, 6.07) is 10.4. The normalized spacial score (nSPS) is 11.9. The first kappa shape index (κ1) is 18.5. The minimum Gasteiger partial charge on any atom is -0.492 e. The number of hydrogen-bond acceptors (Lipinski definition) is 4. The number of carbonyl (C=O) groups excluding carboxylic acids is 1. The minimum atomic E-state index is -0.260. The van der Waals surface area contributed by atoms with E-state index in [-0.39, 0.29) is 12.8 Å². The Kier molecular flexibility index (Phi) is 6.30. The van der Waals surface area contributed by atoms with Crippen molar-refractivity contribution in [3.8, 4) is 17.2 Å². The summed E-state index contributed by atoms with van der Waals surface area (Å²) in [6.45, 7) is 1.41. The van der Waals surface area contributed by atoms with Crippen molar-refractivity contribution in [2.45, 2.75) is 6.42 Å². The van der Waals surface area contributed by atoms with Gasteiger partial charge < -0.3 is 24.8 Å². The highest BCUT2D eigenvalue weighted by Gasteiger charge is 2.13. The van der Waals surface area contributed by atoms with Gasteiger partial charge in [-0.1, -0.05) is 29.3 Å². The second-order valence-corrected chi connectivity index (χ2v) is 6.38. The van der Waals surface area contributed by atoms with Crippen LogP contribution in [0.25, 0.3) is 0 Å². The van der Waals surface area contributed by atoms with Crippen LogP contribution in [-0.4, -0.2) is 32.5 Å². The number of halogens is 2. The molecule has 0 saturated heterocycles. The Balaban J connectivity index is 1.32. The summed E-state index contributed by atoms with van der Waals surface area (Å²) in [5, 5.41) is 6.69. The van der Waals surface area contributed by atoms with Gasteiger partial charge in [0.2, 0.25) is 6.79 Å². The van der Waals surface area contributed by atoms with Crippen molar-refractivity contribution in [1.82, 2.24) is 10.6 Å². The van der Waals surface area contributed by atoms with E-state index < -0.39 is 0 Å². The average Bonchev–Trinajstić information content (AvgIpc) is 3.08. The van der Waals surface area contributed by atoms with Crippen LogP contribution < -0.4 is 24.8 Å². The minimum absolute atomic E-state index is 0.224. The molecule has 0 atom stereocenters. The molecule has 138 valence electrons.